The predicted octanol–water partition coefficient (Wildman–Crippen LogP) is 2.54. The van der Waals surface area contributed by atoms with E-state index >= 15 is 0 Å². The second kappa shape index (κ2) is 6.41. The molecule has 2 heterocycles. The lowest BCUT2D eigenvalue weighted by Gasteiger charge is -2.03. The van der Waals surface area contributed by atoms with E-state index in [1.54, 1.807) is 0 Å². The lowest BCUT2D eigenvalue weighted by Crippen LogP contribution is -2.21. The van der Waals surface area contributed by atoms with Gasteiger partial charge in [0.15, 0.2) is 0 Å². The predicted molar refractivity (Wildman–Crippen MR) is 91.5 cm³/mol. The molecule has 2 aromatic heterocycles. The maximum Gasteiger partial charge on any atom is 0.270 e. The Morgan fingerprint density at radius 2 is 1.96 bits per heavy atom. The van der Waals surface area contributed by atoms with Crippen molar-refractivity contribution in [1.29, 1.82) is 0 Å². The molecule has 4 rings (SSSR count). The summed E-state index contributed by atoms with van der Waals surface area (Å²) in [4.78, 5) is 31.2. The zero-order valence-electron chi connectivity index (χ0n) is 13.6. The smallest absolute Gasteiger partial charge is 0.270 e. The minimum atomic E-state index is -0.580. The highest BCUT2D eigenvalue weighted by Crippen LogP contribution is 2.18. The molecule has 4 aromatic rings. The number of benzene rings is 2. The van der Waals surface area contributed by atoms with E-state index in [4.69, 9.17) is 4.52 Å². The number of non-ortho nitro benzene ring substituents is 1. The zero-order valence-corrected chi connectivity index (χ0v) is 13.6. The van der Waals surface area contributed by atoms with Crippen molar-refractivity contribution in [3.05, 3.63) is 81.0 Å². The second-order valence-electron chi connectivity index (χ2n) is 5.65. The summed E-state index contributed by atoms with van der Waals surface area (Å²) in [6.07, 6.45) is 1.30. The Morgan fingerprint density at radius 3 is 2.70 bits per heavy atom. The van der Waals surface area contributed by atoms with Gasteiger partial charge in [0.05, 0.1) is 22.2 Å². The van der Waals surface area contributed by atoms with Gasteiger partial charge in [-0.3, -0.25) is 19.5 Å². The Kier molecular flexibility index (Phi) is 3.92. The average molecular weight is 367 g/mol. The van der Waals surface area contributed by atoms with Crippen molar-refractivity contribution in [1.82, 2.24) is 19.7 Å². The van der Waals surface area contributed by atoms with Gasteiger partial charge in [-0.1, -0.05) is 5.16 Å². The van der Waals surface area contributed by atoms with Crippen molar-refractivity contribution < 1.29 is 13.8 Å². The molecule has 0 unspecified atom stereocenters. The van der Waals surface area contributed by atoms with Crippen LogP contribution in [0.4, 0.5) is 10.1 Å². The third kappa shape index (κ3) is 3.15. The summed E-state index contributed by atoms with van der Waals surface area (Å²) in [6, 6.07) is 9.44. The third-order valence-electron chi connectivity index (χ3n) is 3.89. The largest absolute Gasteiger partial charge is 0.337 e. The van der Waals surface area contributed by atoms with Crippen molar-refractivity contribution >= 4 is 16.6 Å². The van der Waals surface area contributed by atoms with E-state index < -0.39 is 10.5 Å². The monoisotopic (exact) mass is 367 g/mol. The van der Waals surface area contributed by atoms with Gasteiger partial charge >= 0.3 is 0 Å². The number of rotatable bonds is 4. The number of hydrogen-bond donors (Lipinski definition) is 0. The van der Waals surface area contributed by atoms with Gasteiger partial charge < -0.3 is 4.52 Å². The molecule has 0 aliphatic heterocycles. The first-order chi connectivity index (χ1) is 13.0. The molecule has 0 fully saturated rings. The van der Waals surface area contributed by atoms with Gasteiger partial charge in [0.25, 0.3) is 11.2 Å². The molecule has 10 heteroatoms. The van der Waals surface area contributed by atoms with Crippen LogP contribution in [0.1, 0.15) is 5.89 Å². The molecular formula is C17H10FN5O4. The van der Waals surface area contributed by atoms with E-state index in [9.17, 15) is 19.3 Å². The summed E-state index contributed by atoms with van der Waals surface area (Å²) in [7, 11) is 0. The molecule has 0 spiro atoms. The Bertz CT molecular complexity index is 1220. The Hall–Kier alpha value is -3.95. The number of fused-ring (bicyclic) bond motifs is 1. The van der Waals surface area contributed by atoms with Gasteiger partial charge in [0.2, 0.25) is 11.7 Å². The molecule has 0 bridgehead atoms. The van der Waals surface area contributed by atoms with Gasteiger partial charge in [0, 0.05) is 17.7 Å². The van der Waals surface area contributed by atoms with Crippen LogP contribution in [0.25, 0.3) is 22.3 Å². The number of nitro benzene ring substituents is 1. The van der Waals surface area contributed by atoms with Crippen LogP contribution in [0.15, 0.2) is 58.1 Å². The molecule has 2 aromatic carbocycles. The van der Waals surface area contributed by atoms with Crippen molar-refractivity contribution in [3.63, 3.8) is 0 Å². The van der Waals surface area contributed by atoms with Gasteiger partial charge in [-0.2, -0.15) is 4.98 Å². The first kappa shape index (κ1) is 16.5. The summed E-state index contributed by atoms with van der Waals surface area (Å²) in [5, 5.41) is 14.8. The van der Waals surface area contributed by atoms with E-state index in [1.807, 2.05) is 0 Å². The number of halogens is 1. The molecule has 134 valence electrons. The van der Waals surface area contributed by atoms with Gasteiger partial charge in [-0.05, 0) is 30.3 Å². The van der Waals surface area contributed by atoms with E-state index in [1.165, 1.54) is 53.4 Å². The zero-order chi connectivity index (χ0) is 19.0. The summed E-state index contributed by atoms with van der Waals surface area (Å²) >= 11 is 0. The van der Waals surface area contributed by atoms with Crippen LogP contribution < -0.4 is 5.56 Å². The normalized spacial score (nSPS) is 11.0. The first-order valence-corrected chi connectivity index (χ1v) is 7.73. The maximum atomic E-state index is 13.0. The number of hydrogen-bond acceptors (Lipinski definition) is 7. The number of nitro groups is 1. The van der Waals surface area contributed by atoms with Crippen molar-refractivity contribution in [2.75, 3.05) is 0 Å². The van der Waals surface area contributed by atoms with E-state index in [-0.39, 0.29) is 35.2 Å². The molecule has 0 N–H and O–H groups in total. The van der Waals surface area contributed by atoms with Gasteiger partial charge in [0.1, 0.15) is 12.4 Å². The van der Waals surface area contributed by atoms with Crippen LogP contribution in [-0.4, -0.2) is 24.6 Å². The van der Waals surface area contributed by atoms with Crippen LogP contribution in [0, 0.1) is 15.9 Å². The fourth-order valence-corrected chi connectivity index (χ4v) is 2.55. The number of nitrogens with zero attached hydrogens (tertiary/aromatic N) is 5. The lowest BCUT2D eigenvalue weighted by atomic mass is 10.2. The van der Waals surface area contributed by atoms with Crippen LogP contribution in [0.2, 0.25) is 0 Å². The quantitative estimate of drug-likeness (QED) is 0.402. The minimum absolute atomic E-state index is 0.0569. The van der Waals surface area contributed by atoms with E-state index in [0.29, 0.717) is 11.1 Å². The average Bonchev–Trinajstić information content (AvgIpc) is 3.13. The fraction of sp³-hybridized carbons (Fsp3) is 0.0588. The fourth-order valence-electron chi connectivity index (χ4n) is 2.55. The molecule has 0 aliphatic rings. The Balaban J connectivity index is 1.67. The third-order valence-corrected chi connectivity index (χ3v) is 3.89. The second-order valence-corrected chi connectivity index (χ2v) is 5.65. The highest BCUT2D eigenvalue weighted by atomic mass is 19.1. The molecule has 27 heavy (non-hydrogen) atoms. The molecule has 0 saturated carbocycles. The van der Waals surface area contributed by atoms with Crippen molar-refractivity contribution in [2.45, 2.75) is 6.54 Å². The van der Waals surface area contributed by atoms with Crippen molar-refractivity contribution in [3.8, 4) is 11.4 Å². The highest BCUT2D eigenvalue weighted by molar-refractivity contribution is 5.79. The maximum absolute atomic E-state index is 13.0. The minimum Gasteiger partial charge on any atom is -0.337 e. The van der Waals surface area contributed by atoms with E-state index in [0.717, 1.165) is 0 Å². The number of aromatic nitrogens is 4. The SMILES string of the molecule is O=c1c2cc([N+](=O)[O-])ccc2ncn1Cc1nc(-c2ccc(F)cc2)no1. The molecule has 0 radical (unpaired) electrons. The lowest BCUT2D eigenvalue weighted by molar-refractivity contribution is -0.384. The Morgan fingerprint density at radius 1 is 1.19 bits per heavy atom. The molecule has 0 aliphatic carbocycles. The topological polar surface area (TPSA) is 117 Å². The van der Waals surface area contributed by atoms with E-state index in [2.05, 4.69) is 15.1 Å². The van der Waals surface area contributed by atoms with Crippen LogP contribution in [-0.2, 0) is 6.54 Å². The van der Waals surface area contributed by atoms with Gasteiger partial charge in [-0.15, -0.1) is 0 Å². The summed E-state index contributed by atoms with van der Waals surface area (Å²) in [5.41, 5.74) is 0.242. The molecule has 0 saturated heterocycles. The first-order valence-electron chi connectivity index (χ1n) is 7.73. The molecule has 0 atom stereocenters. The molecule has 9 nitrogen and oxygen atoms in total. The molecular weight excluding hydrogens is 357 g/mol. The highest BCUT2D eigenvalue weighted by Gasteiger charge is 2.14. The standard InChI is InChI=1S/C17H10FN5O4/c18-11-3-1-10(2-4-11)16-20-15(27-21-16)8-22-9-19-14-6-5-12(23(25)26)7-13(14)17(22)24/h1-7,9H,8H2. The molecule has 0 amide bonds. The van der Waals surface area contributed by atoms with Crippen LogP contribution >= 0.6 is 0 Å². The Labute approximate surface area is 149 Å². The van der Waals surface area contributed by atoms with Crippen LogP contribution in [0.5, 0.6) is 0 Å². The van der Waals surface area contributed by atoms with Gasteiger partial charge in [-0.25, -0.2) is 9.37 Å². The summed E-state index contributed by atoms with van der Waals surface area (Å²) in [5.74, 6) is 0.00999. The summed E-state index contributed by atoms with van der Waals surface area (Å²) < 4.78 is 19.3. The van der Waals surface area contributed by atoms with Crippen molar-refractivity contribution in [2.24, 2.45) is 0 Å². The van der Waals surface area contributed by atoms with Crippen LogP contribution in [0.3, 0.4) is 0 Å². The summed E-state index contributed by atoms with van der Waals surface area (Å²) in [6.45, 7) is -0.0569.